The number of rotatable bonds is 7. The van der Waals surface area contributed by atoms with Crippen molar-refractivity contribution in [2.75, 3.05) is 6.54 Å². The summed E-state index contributed by atoms with van der Waals surface area (Å²) in [6.45, 7) is 5.14. The highest BCUT2D eigenvalue weighted by Crippen LogP contribution is 2.35. The molecule has 2 fully saturated rings. The molecule has 0 bridgehead atoms. The van der Waals surface area contributed by atoms with Gasteiger partial charge in [-0.05, 0) is 25.3 Å². The Bertz CT molecular complexity index is 1110. The summed E-state index contributed by atoms with van der Waals surface area (Å²) in [7, 11) is 0. The molecule has 9 nitrogen and oxygen atoms in total. The third-order valence-electron chi connectivity index (χ3n) is 6.66. The third kappa shape index (κ3) is 5.26. The fourth-order valence-electron chi connectivity index (χ4n) is 4.82. The smallest absolute Gasteiger partial charge is 0.417 e. The number of hydrogen-bond donors (Lipinski definition) is 0. The first kappa shape index (κ1) is 25.4. The zero-order valence-electron chi connectivity index (χ0n) is 20.5. The summed E-state index contributed by atoms with van der Waals surface area (Å²) in [4.78, 5) is 57.6. The molecule has 2 aromatic carbocycles. The molecular weight excluding hydrogens is 464 g/mol. The van der Waals surface area contributed by atoms with E-state index in [-0.39, 0.29) is 0 Å². The van der Waals surface area contributed by atoms with Crippen molar-refractivity contribution in [3.63, 3.8) is 0 Å². The molecule has 190 valence electrons. The summed E-state index contributed by atoms with van der Waals surface area (Å²) in [6.07, 6.45) is -1.16. The average Bonchev–Trinajstić information content (AvgIpc) is 3.45. The Hall–Kier alpha value is -3.72. The number of benzene rings is 2. The summed E-state index contributed by atoms with van der Waals surface area (Å²) in [6, 6.07) is 17.0. The van der Waals surface area contributed by atoms with Crippen molar-refractivity contribution in [3.8, 4) is 0 Å². The van der Waals surface area contributed by atoms with Crippen LogP contribution in [0, 0.1) is 5.92 Å². The Morgan fingerprint density at radius 2 is 1.67 bits per heavy atom. The van der Waals surface area contributed by atoms with Gasteiger partial charge in [0.15, 0.2) is 0 Å². The summed E-state index contributed by atoms with van der Waals surface area (Å²) < 4.78 is 10.8. The van der Waals surface area contributed by atoms with E-state index in [1.54, 1.807) is 44.2 Å². The van der Waals surface area contributed by atoms with Gasteiger partial charge in [0, 0.05) is 19.0 Å². The zero-order chi connectivity index (χ0) is 25.8. The van der Waals surface area contributed by atoms with Crippen LogP contribution >= 0.6 is 0 Å². The maximum absolute atomic E-state index is 13.5. The Balaban J connectivity index is 1.46. The van der Waals surface area contributed by atoms with Crippen molar-refractivity contribution in [3.05, 3.63) is 71.8 Å². The van der Waals surface area contributed by atoms with Crippen LogP contribution < -0.4 is 0 Å². The molecular formula is C27H30N2O7. The maximum atomic E-state index is 13.5. The van der Waals surface area contributed by atoms with Gasteiger partial charge in [0.1, 0.15) is 6.10 Å². The number of carbonyl (C=O) groups excluding carboxylic acids is 4. The van der Waals surface area contributed by atoms with Gasteiger partial charge in [-0.3, -0.25) is 9.59 Å². The van der Waals surface area contributed by atoms with E-state index >= 15 is 0 Å². The van der Waals surface area contributed by atoms with Gasteiger partial charge in [0.2, 0.25) is 12.0 Å². The highest BCUT2D eigenvalue weighted by atomic mass is 16.7. The molecule has 2 aromatic rings. The number of imide groups is 1. The van der Waals surface area contributed by atoms with Crippen molar-refractivity contribution in [1.82, 2.24) is 9.96 Å². The first-order valence-electron chi connectivity index (χ1n) is 12.1. The van der Waals surface area contributed by atoms with E-state index < -0.39 is 54.1 Å². The van der Waals surface area contributed by atoms with Crippen molar-refractivity contribution in [1.29, 1.82) is 0 Å². The lowest BCUT2D eigenvalue weighted by molar-refractivity contribution is -0.212. The maximum Gasteiger partial charge on any atom is 0.417 e. The molecule has 0 aromatic heterocycles. The van der Waals surface area contributed by atoms with Crippen LogP contribution in [0.2, 0.25) is 0 Å². The van der Waals surface area contributed by atoms with E-state index in [1.165, 1.54) is 12.0 Å². The molecule has 0 spiro atoms. The fourth-order valence-corrected chi connectivity index (χ4v) is 4.82. The van der Waals surface area contributed by atoms with Crippen LogP contribution in [0.1, 0.15) is 56.9 Å². The molecule has 0 N–H and O–H groups in total. The van der Waals surface area contributed by atoms with Gasteiger partial charge in [-0.15, -0.1) is 5.06 Å². The normalized spacial score (nSPS) is 23.6. The van der Waals surface area contributed by atoms with Gasteiger partial charge >= 0.3 is 18.0 Å². The molecule has 2 heterocycles. The van der Waals surface area contributed by atoms with E-state index in [1.807, 2.05) is 30.3 Å². The van der Waals surface area contributed by atoms with Crippen LogP contribution in [-0.2, 0) is 28.7 Å². The molecule has 9 heteroatoms. The van der Waals surface area contributed by atoms with Crippen LogP contribution in [0.25, 0.3) is 0 Å². The molecule has 2 amide bonds. The molecule has 2 aliphatic rings. The highest BCUT2D eigenvalue weighted by Gasteiger charge is 2.47. The number of ether oxygens (including phenoxy) is 2. The number of hydroxylamine groups is 2. The van der Waals surface area contributed by atoms with E-state index in [0.29, 0.717) is 24.9 Å². The standard InChI is InChI=1S/C27H30N2O7/c1-17(25(31)29-18(2)23(35-27(29)33)20-11-6-4-7-12-20)22-15-10-16-28(22)36-26(32)24(34-19(3)30)21-13-8-5-9-14-21/h4-9,11-14,17-18,22-24H,10,15-16H2,1-3H3/t17-,18+,22-,23+,24?/m0/s1. The molecule has 36 heavy (non-hydrogen) atoms. The second-order valence-corrected chi connectivity index (χ2v) is 9.11. The highest BCUT2D eigenvalue weighted by molar-refractivity contribution is 5.95. The number of esters is 1. The van der Waals surface area contributed by atoms with E-state index in [9.17, 15) is 19.2 Å². The lowest BCUT2D eigenvalue weighted by Crippen LogP contribution is -2.48. The fraction of sp³-hybridized carbons (Fsp3) is 0.407. The Kier molecular flexibility index (Phi) is 7.69. The predicted octanol–water partition coefficient (Wildman–Crippen LogP) is 3.96. The second-order valence-electron chi connectivity index (χ2n) is 9.11. The van der Waals surface area contributed by atoms with Crippen LogP contribution in [-0.4, -0.2) is 52.5 Å². The van der Waals surface area contributed by atoms with Crippen LogP contribution in [0.3, 0.4) is 0 Å². The molecule has 2 aliphatic heterocycles. The van der Waals surface area contributed by atoms with E-state index in [2.05, 4.69) is 0 Å². The van der Waals surface area contributed by atoms with Crippen molar-refractivity contribution in [2.45, 2.75) is 57.9 Å². The summed E-state index contributed by atoms with van der Waals surface area (Å²) >= 11 is 0. The number of amides is 2. The zero-order valence-corrected chi connectivity index (χ0v) is 20.5. The quantitative estimate of drug-likeness (QED) is 0.533. The number of nitrogens with zero attached hydrogens (tertiary/aromatic N) is 2. The van der Waals surface area contributed by atoms with E-state index in [4.69, 9.17) is 14.3 Å². The molecule has 4 rings (SSSR count). The summed E-state index contributed by atoms with van der Waals surface area (Å²) in [5.74, 6) is -2.40. The summed E-state index contributed by atoms with van der Waals surface area (Å²) in [5.41, 5.74) is 1.30. The monoisotopic (exact) mass is 494 g/mol. The molecule has 0 radical (unpaired) electrons. The third-order valence-corrected chi connectivity index (χ3v) is 6.66. The Morgan fingerprint density at radius 3 is 2.31 bits per heavy atom. The Morgan fingerprint density at radius 1 is 1.03 bits per heavy atom. The minimum absolute atomic E-state index is 0.390. The number of carbonyl (C=O) groups is 4. The van der Waals surface area contributed by atoms with Crippen LogP contribution in [0.4, 0.5) is 4.79 Å². The molecule has 5 atom stereocenters. The minimum Gasteiger partial charge on any atom is -0.445 e. The Labute approximate surface area is 209 Å². The molecule has 0 saturated carbocycles. The first-order chi connectivity index (χ1) is 17.3. The van der Waals surface area contributed by atoms with Gasteiger partial charge < -0.3 is 14.3 Å². The largest absolute Gasteiger partial charge is 0.445 e. The van der Waals surface area contributed by atoms with Crippen molar-refractivity contribution in [2.24, 2.45) is 5.92 Å². The SMILES string of the molecule is CC(=O)OC(C(=O)ON1CCC[C@H]1[C@H](C)C(=O)N1C(=O)O[C@@H](c2ccccc2)[C@H]1C)c1ccccc1. The number of cyclic esters (lactones) is 1. The van der Waals surface area contributed by atoms with Gasteiger partial charge in [-0.2, -0.15) is 0 Å². The summed E-state index contributed by atoms with van der Waals surface area (Å²) in [5, 5.41) is 1.46. The van der Waals surface area contributed by atoms with Gasteiger partial charge in [-0.1, -0.05) is 67.6 Å². The van der Waals surface area contributed by atoms with Crippen molar-refractivity contribution >= 4 is 23.9 Å². The first-order valence-corrected chi connectivity index (χ1v) is 12.1. The lowest BCUT2D eigenvalue weighted by atomic mass is 9.97. The van der Waals surface area contributed by atoms with Gasteiger partial charge in [0.05, 0.1) is 18.0 Å². The minimum atomic E-state index is -1.23. The van der Waals surface area contributed by atoms with Gasteiger partial charge in [0.25, 0.3) is 0 Å². The van der Waals surface area contributed by atoms with E-state index in [0.717, 1.165) is 10.5 Å². The van der Waals surface area contributed by atoms with Crippen LogP contribution in [0.5, 0.6) is 0 Å². The lowest BCUT2D eigenvalue weighted by Gasteiger charge is -2.30. The topological polar surface area (TPSA) is 102 Å². The molecule has 2 saturated heterocycles. The number of hydrogen-bond acceptors (Lipinski definition) is 8. The second kappa shape index (κ2) is 10.9. The van der Waals surface area contributed by atoms with Crippen LogP contribution in [0.15, 0.2) is 60.7 Å². The predicted molar refractivity (Wildman–Crippen MR) is 128 cm³/mol. The molecule has 1 unspecified atom stereocenters. The van der Waals surface area contributed by atoms with Gasteiger partial charge in [-0.25, -0.2) is 14.5 Å². The average molecular weight is 495 g/mol. The van der Waals surface area contributed by atoms with Crippen molar-refractivity contribution < 1.29 is 33.5 Å². The molecule has 0 aliphatic carbocycles.